The monoisotopic (exact) mass is 296 g/mol. The van der Waals surface area contributed by atoms with Crippen molar-refractivity contribution < 1.29 is 0 Å². The van der Waals surface area contributed by atoms with E-state index in [1.54, 1.807) is 0 Å². The summed E-state index contributed by atoms with van der Waals surface area (Å²) in [6.07, 6.45) is 2.12. The van der Waals surface area contributed by atoms with Gasteiger partial charge < -0.3 is 0 Å². The molecule has 0 nitrogen and oxygen atoms in total. The van der Waals surface area contributed by atoms with Crippen LogP contribution in [0.3, 0.4) is 0 Å². The second kappa shape index (κ2) is 8.11. The van der Waals surface area contributed by atoms with Crippen LogP contribution in [0.25, 0.3) is 0 Å². The zero-order valence-corrected chi connectivity index (χ0v) is 15.4. The average molecular weight is 297 g/mol. The molecule has 1 rings (SSSR count). The number of hydrogen-bond acceptors (Lipinski definition) is 0. The Kier molecular flexibility index (Phi) is 6.80. The lowest BCUT2D eigenvalue weighted by molar-refractivity contribution is 0.929. The third-order valence-corrected chi connectivity index (χ3v) is 9.68. The molecule has 0 spiro atoms. The highest BCUT2D eigenvalue weighted by Gasteiger charge is 2.41. The van der Waals surface area contributed by atoms with Crippen LogP contribution in [-0.2, 0) is 0 Å². The summed E-state index contributed by atoms with van der Waals surface area (Å²) in [5, 5.41) is 1.42. The first-order chi connectivity index (χ1) is 10.0. The minimum atomic E-state index is -1.91. The third-order valence-electron chi connectivity index (χ3n) is 4.12. The van der Waals surface area contributed by atoms with Crippen LogP contribution in [0.2, 0.25) is 11.1 Å². The molecule has 0 aliphatic carbocycles. The highest BCUT2D eigenvalue weighted by Crippen LogP contribution is 2.32. The molecule has 0 aromatic heterocycles. The molecule has 21 heavy (non-hydrogen) atoms. The van der Waals surface area contributed by atoms with Crippen molar-refractivity contribution in [3.63, 3.8) is 0 Å². The van der Waals surface area contributed by atoms with Crippen LogP contribution in [0.1, 0.15) is 59.9 Å². The molecule has 112 valence electrons. The molecule has 0 aliphatic heterocycles. The van der Waals surface area contributed by atoms with E-state index >= 15 is 0 Å². The number of hydrogen-bond donors (Lipinski definition) is 0. The van der Waals surface area contributed by atoms with E-state index in [1.807, 2.05) is 6.92 Å². The molecular formula is C20H28Si. The fourth-order valence-corrected chi connectivity index (χ4v) is 7.74. The Morgan fingerprint density at radius 1 is 1.05 bits per heavy atom. The van der Waals surface area contributed by atoms with Crippen molar-refractivity contribution in [3.05, 3.63) is 29.8 Å². The van der Waals surface area contributed by atoms with Crippen molar-refractivity contribution in [1.82, 2.24) is 0 Å². The Bertz CT molecular complexity index is 565. The van der Waals surface area contributed by atoms with E-state index in [2.05, 4.69) is 82.2 Å². The van der Waals surface area contributed by atoms with Gasteiger partial charge in [-0.3, -0.25) is 0 Å². The van der Waals surface area contributed by atoms with Crippen LogP contribution in [0.4, 0.5) is 0 Å². The van der Waals surface area contributed by atoms with E-state index in [-0.39, 0.29) is 0 Å². The summed E-state index contributed by atoms with van der Waals surface area (Å²) in [6, 6.07) is 8.65. The summed E-state index contributed by atoms with van der Waals surface area (Å²) in [5.41, 5.74) is 6.12. The van der Waals surface area contributed by atoms with Crippen molar-refractivity contribution in [2.24, 2.45) is 0 Å². The Morgan fingerprint density at radius 3 is 2.19 bits per heavy atom. The van der Waals surface area contributed by atoms with Gasteiger partial charge in [0.1, 0.15) is 0 Å². The summed E-state index contributed by atoms with van der Waals surface area (Å²) in [5.74, 6) is 9.83. The molecule has 0 aliphatic rings. The van der Waals surface area contributed by atoms with E-state index < -0.39 is 8.07 Å². The number of benzene rings is 1. The van der Waals surface area contributed by atoms with Crippen LogP contribution in [0.15, 0.2) is 24.3 Å². The van der Waals surface area contributed by atoms with E-state index in [9.17, 15) is 0 Å². The summed E-state index contributed by atoms with van der Waals surface area (Å²) >= 11 is 0. The van der Waals surface area contributed by atoms with Gasteiger partial charge >= 0.3 is 0 Å². The van der Waals surface area contributed by atoms with Gasteiger partial charge in [-0.05, 0) is 35.7 Å². The van der Waals surface area contributed by atoms with Crippen molar-refractivity contribution in [2.75, 3.05) is 0 Å². The Morgan fingerprint density at radius 2 is 1.67 bits per heavy atom. The topological polar surface area (TPSA) is 0 Å². The highest BCUT2D eigenvalue weighted by molar-refractivity contribution is 7.00. The van der Waals surface area contributed by atoms with Gasteiger partial charge in [0.05, 0.1) is 0 Å². The molecule has 1 heteroatoms. The minimum Gasteiger partial charge on any atom is -0.125 e. The van der Waals surface area contributed by atoms with Crippen LogP contribution in [0, 0.1) is 23.3 Å². The van der Waals surface area contributed by atoms with Gasteiger partial charge in [-0.25, -0.2) is 0 Å². The fourth-order valence-electron chi connectivity index (χ4n) is 3.07. The molecule has 0 heterocycles. The second-order valence-corrected chi connectivity index (χ2v) is 11.0. The Hall–Kier alpha value is -1.44. The summed E-state index contributed by atoms with van der Waals surface area (Å²) in [7, 11) is -1.91. The number of rotatable bonds is 4. The first-order valence-electron chi connectivity index (χ1n) is 8.02. The average Bonchev–Trinajstić information content (AvgIpc) is 2.44. The lowest BCUT2D eigenvalue weighted by atomic mass is 10.2. The standard InChI is InChI=1S/C20H28Si/c1-7-9-12-16-21(17(3)4,18(5)6)20-15-11-10-14-19(20)13-8-2/h10-11,14-15,17-18H,7,9H2,1-6H3. The molecule has 0 fully saturated rings. The highest BCUT2D eigenvalue weighted by atomic mass is 28.3. The van der Waals surface area contributed by atoms with Gasteiger partial charge in [0.25, 0.3) is 0 Å². The molecule has 0 saturated carbocycles. The Labute approximate surface area is 132 Å². The fraction of sp³-hybridized carbons (Fsp3) is 0.500. The first kappa shape index (κ1) is 17.6. The summed E-state index contributed by atoms with van der Waals surface area (Å²) in [6.45, 7) is 13.4. The SMILES string of the molecule is CC#Cc1ccccc1[Si](C#CCCC)(C(C)C)C(C)C. The Balaban J connectivity index is 3.57. The molecule has 0 amide bonds. The second-order valence-electron chi connectivity index (χ2n) is 6.15. The zero-order valence-electron chi connectivity index (χ0n) is 14.4. The molecule has 0 radical (unpaired) electrons. The normalized spacial score (nSPS) is 10.9. The van der Waals surface area contributed by atoms with E-state index in [1.165, 1.54) is 10.8 Å². The molecule has 0 unspecified atom stereocenters. The van der Waals surface area contributed by atoms with Crippen LogP contribution < -0.4 is 5.19 Å². The zero-order chi connectivity index (χ0) is 15.9. The van der Waals surface area contributed by atoms with Crippen LogP contribution in [0.5, 0.6) is 0 Å². The molecule has 0 atom stereocenters. The maximum Gasteiger partial charge on any atom is 0.175 e. The summed E-state index contributed by atoms with van der Waals surface area (Å²) < 4.78 is 0. The molecule has 0 bridgehead atoms. The quantitative estimate of drug-likeness (QED) is 0.549. The molecule has 1 aromatic rings. The van der Waals surface area contributed by atoms with Gasteiger partial charge in [0.2, 0.25) is 0 Å². The molecular weight excluding hydrogens is 268 g/mol. The predicted octanol–water partition coefficient (Wildman–Crippen LogP) is 4.88. The van der Waals surface area contributed by atoms with Crippen molar-refractivity contribution >= 4 is 13.3 Å². The number of unbranched alkanes of at least 4 members (excludes halogenated alkanes) is 1. The maximum absolute atomic E-state index is 3.77. The molecule has 0 saturated heterocycles. The van der Waals surface area contributed by atoms with Gasteiger partial charge in [-0.15, -0.1) is 17.4 Å². The van der Waals surface area contributed by atoms with Gasteiger partial charge in [0, 0.05) is 12.0 Å². The van der Waals surface area contributed by atoms with Gasteiger partial charge in [-0.2, -0.15) is 0 Å². The van der Waals surface area contributed by atoms with E-state index in [0.29, 0.717) is 11.1 Å². The van der Waals surface area contributed by atoms with Gasteiger partial charge in [0.15, 0.2) is 8.07 Å². The minimum absolute atomic E-state index is 0.585. The van der Waals surface area contributed by atoms with E-state index in [0.717, 1.165) is 12.8 Å². The van der Waals surface area contributed by atoms with Crippen molar-refractivity contribution in [1.29, 1.82) is 0 Å². The van der Waals surface area contributed by atoms with Crippen LogP contribution in [-0.4, -0.2) is 8.07 Å². The predicted molar refractivity (Wildman–Crippen MR) is 97.3 cm³/mol. The van der Waals surface area contributed by atoms with Crippen molar-refractivity contribution in [2.45, 2.75) is 65.5 Å². The molecule has 0 N–H and O–H groups in total. The lowest BCUT2D eigenvalue weighted by Crippen LogP contribution is -2.53. The lowest BCUT2D eigenvalue weighted by Gasteiger charge is -2.35. The van der Waals surface area contributed by atoms with Crippen LogP contribution >= 0.6 is 0 Å². The van der Waals surface area contributed by atoms with E-state index in [4.69, 9.17) is 0 Å². The molecule has 1 aromatic carbocycles. The van der Waals surface area contributed by atoms with Crippen molar-refractivity contribution in [3.8, 4) is 23.3 Å². The third kappa shape index (κ3) is 3.81. The summed E-state index contributed by atoms with van der Waals surface area (Å²) in [4.78, 5) is 0. The first-order valence-corrected chi connectivity index (χ1v) is 10.2. The smallest absolute Gasteiger partial charge is 0.125 e. The largest absolute Gasteiger partial charge is 0.175 e. The maximum atomic E-state index is 3.77. The van der Waals surface area contributed by atoms with Gasteiger partial charge in [-0.1, -0.05) is 58.7 Å².